The Morgan fingerprint density at radius 2 is 1.87 bits per heavy atom. The predicted octanol–water partition coefficient (Wildman–Crippen LogP) is 2.88. The van der Waals surface area contributed by atoms with Crippen molar-refractivity contribution >= 4 is 21.6 Å². The second kappa shape index (κ2) is 7.68. The van der Waals surface area contributed by atoms with Crippen LogP contribution in [0.4, 0.5) is 0 Å². The van der Waals surface area contributed by atoms with E-state index in [-0.39, 0.29) is 17.2 Å². The highest BCUT2D eigenvalue weighted by atomic mass is 35.5. The topological polar surface area (TPSA) is 64.6 Å². The van der Waals surface area contributed by atoms with Gasteiger partial charge in [-0.2, -0.15) is 0 Å². The molecule has 0 saturated heterocycles. The van der Waals surface area contributed by atoms with E-state index in [2.05, 4.69) is 4.72 Å². The molecule has 1 N–H and O–H groups in total. The van der Waals surface area contributed by atoms with E-state index in [1.165, 1.54) is 26.4 Å². The summed E-state index contributed by atoms with van der Waals surface area (Å²) in [6.07, 6.45) is 0.540. The Morgan fingerprint density at radius 3 is 2.52 bits per heavy atom. The van der Waals surface area contributed by atoms with E-state index in [0.29, 0.717) is 17.2 Å². The molecule has 0 aliphatic rings. The van der Waals surface area contributed by atoms with Crippen LogP contribution in [0, 0.1) is 0 Å². The maximum Gasteiger partial charge on any atom is 0.244 e. The highest BCUT2D eigenvalue weighted by Gasteiger charge is 2.19. The average molecular weight is 356 g/mol. The molecule has 0 radical (unpaired) electrons. The molecule has 0 bridgehead atoms. The van der Waals surface area contributed by atoms with Gasteiger partial charge in [0.05, 0.1) is 14.2 Å². The molecule has 0 aliphatic heterocycles. The third kappa shape index (κ3) is 4.60. The van der Waals surface area contributed by atoms with Crippen LogP contribution in [0.3, 0.4) is 0 Å². The highest BCUT2D eigenvalue weighted by molar-refractivity contribution is 7.89. The first-order valence-corrected chi connectivity index (χ1v) is 8.78. The molecule has 2 aromatic rings. The van der Waals surface area contributed by atoms with Crippen LogP contribution in [0.2, 0.25) is 5.02 Å². The smallest absolute Gasteiger partial charge is 0.244 e. The third-order valence-electron chi connectivity index (χ3n) is 3.26. The zero-order valence-electron chi connectivity index (χ0n) is 12.9. The van der Waals surface area contributed by atoms with Gasteiger partial charge in [0.2, 0.25) is 10.0 Å². The summed E-state index contributed by atoms with van der Waals surface area (Å²) in [5.74, 6) is 0.763. The maximum atomic E-state index is 12.4. The minimum atomic E-state index is -3.67. The largest absolute Gasteiger partial charge is 0.497 e. The second-order valence-corrected chi connectivity index (χ2v) is 6.97. The molecule has 7 heteroatoms. The van der Waals surface area contributed by atoms with Crippen molar-refractivity contribution in [1.29, 1.82) is 0 Å². The molecular weight excluding hydrogens is 338 g/mol. The van der Waals surface area contributed by atoms with Crippen molar-refractivity contribution in [3.63, 3.8) is 0 Å². The van der Waals surface area contributed by atoms with Gasteiger partial charge in [0.25, 0.3) is 0 Å². The zero-order valence-corrected chi connectivity index (χ0v) is 14.4. The molecule has 0 amide bonds. The Labute approximate surface area is 141 Å². The highest BCUT2D eigenvalue weighted by Crippen LogP contribution is 2.28. The van der Waals surface area contributed by atoms with Crippen molar-refractivity contribution in [2.75, 3.05) is 20.8 Å². The van der Waals surface area contributed by atoms with Crippen molar-refractivity contribution in [1.82, 2.24) is 4.72 Å². The number of sulfonamides is 1. The molecule has 0 spiro atoms. The summed E-state index contributed by atoms with van der Waals surface area (Å²) in [6, 6.07) is 11.9. The number of halogens is 1. The predicted molar refractivity (Wildman–Crippen MR) is 89.9 cm³/mol. The van der Waals surface area contributed by atoms with Crippen molar-refractivity contribution in [3.8, 4) is 11.5 Å². The van der Waals surface area contributed by atoms with Crippen LogP contribution in [0.25, 0.3) is 0 Å². The number of rotatable bonds is 7. The van der Waals surface area contributed by atoms with Crippen LogP contribution >= 0.6 is 11.6 Å². The second-order valence-electron chi connectivity index (χ2n) is 4.79. The van der Waals surface area contributed by atoms with Crippen molar-refractivity contribution in [2.24, 2.45) is 0 Å². The molecule has 0 aliphatic carbocycles. The summed E-state index contributed by atoms with van der Waals surface area (Å²) in [5.41, 5.74) is 0.960. The maximum absolute atomic E-state index is 12.4. The first-order chi connectivity index (χ1) is 11.0. The normalized spacial score (nSPS) is 11.3. The van der Waals surface area contributed by atoms with Crippen LogP contribution in [0.15, 0.2) is 47.4 Å². The van der Waals surface area contributed by atoms with E-state index in [0.717, 1.165) is 5.56 Å². The van der Waals surface area contributed by atoms with E-state index in [1.807, 2.05) is 18.2 Å². The van der Waals surface area contributed by atoms with Gasteiger partial charge in [-0.15, -0.1) is 0 Å². The lowest BCUT2D eigenvalue weighted by atomic mass is 10.2. The quantitative estimate of drug-likeness (QED) is 0.829. The van der Waals surface area contributed by atoms with E-state index < -0.39 is 10.0 Å². The summed E-state index contributed by atoms with van der Waals surface area (Å²) in [5, 5.41) is 0.627. The van der Waals surface area contributed by atoms with Crippen LogP contribution in [0.5, 0.6) is 11.5 Å². The molecule has 5 nitrogen and oxygen atoms in total. The van der Waals surface area contributed by atoms with E-state index >= 15 is 0 Å². The molecular formula is C16H18ClNO4S. The molecule has 2 aromatic carbocycles. The Morgan fingerprint density at radius 1 is 1.09 bits per heavy atom. The number of methoxy groups -OCH3 is 2. The lowest BCUT2D eigenvalue weighted by Gasteiger charge is -2.12. The van der Waals surface area contributed by atoms with Crippen molar-refractivity contribution in [2.45, 2.75) is 11.3 Å². The molecule has 0 heterocycles. The van der Waals surface area contributed by atoms with Gasteiger partial charge in [-0.1, -0.05) is 23.7 Å². The van der Waals surface area contributed by atoms with Gasteiger partial charge >= 0.3 is 0 Å². The van der Waals surface area contributed by atoms with Gasteiger partial charge in [-0.3, -0.25) is 0 Å². The Bertz CT molecular complexity index is 777. The standard InChI is InChI=1S/C16H18ClNO4S/c1-21-14-6-7-16(15(11-14)22-2)23(19,20)18-9-8-12-4-3-5-13(17)10-12/h3-7,10-11,18H,8-9H2,1-2H3. The van der Waals surface area contributed by atoms with Gasteiger partial charge in [-0.25, -0.2) is 13.1 Å². The first kappa shape index (κ1) is 17.6. The monoisotopic (exact) mass is 355 g/mol. The number of nitrogens with one attached hydrogen (secondary N) is 1. The van der Waals surface area contributed by atoms with Crippen LogP contribution in [0.1, 0.15) is 5.56 Å². The van der Waals surface area contributed by atoms with E-state index in [4.69, 9.17) is 21.1 Å². The summed E-state index contributed by atoms with van der Waals surface area (Å²) in [7, 11) is -0.749. The van der Waals surface area contributed by atoms with E-state index in [1.54, 1.807) is 12.1 Å². The van der Waals surface area contributed by atoms with Crippen LogP contribution in [-0.2, 0) is 16.4 Å². The van der Waals surface area contributed by atoms with E-state index in [9.17, 15) is 8.42 Å². The van der Waals surface area contributed by atoms with Crippen molar-refractivity contribution in [3.05, 3.63) is 53.1 Å². The van der Waals surface area contributed by atoms with Gasteiger partial charge in [0.1, 0.15) is 16.4 Å². The molecule has 124 valence electrons. The van der Waals surface area contributed by atoms with Gasteiger partial charge in [0.15, 0.2) is 0 Å². The Hall–Kier alpha value is -1.76. The molecule has 0 saturated carbocycles. The van der Waals surface area contributed by atoms with Gasteiger partial charge < -0.3 is 9.47 Å². The van der Waals surface area contributed by atoms with Crippen LogP contribution < -0.4 is 14.2 Å². The molecule has 0 atom stereocenters. The molecule has 0 aromatic heterocycles. The number of hydrogen-bond donors (Lipinski definition) is 1. The lowest BCUT2D eigenvalue weighted by Crippen LogP contribution is -2.26. The number of hydrogen-bond acceptors (Lipinski definition) is 4. The molecule has 0 unspecified atom stereocenters. The fourth-order valence-electron chi connectivity index (χ4n) is 2.10. The molecule has 2 rings (SSSR count). The SMILES string of the molecule is COc1ccc(S(=O)(=O)NCCc2cccc(Cl)c2)c(OC)c1. The Kier molecular flexibility index (Phi) is 5.87. The fraction of sp³-hybridized carbons (Fsp3) is 0.250. The van der Waals surface area contributed by atoms with Gasteiger partial charge in [0, 0.05) is 17.6 Å². The molecule has 23 heavy (non-hydrogen) atoms. The summed E-state index contributed by atoms with van der Waals surface area (Å²) in [4.78, 5) is 0.0758. The van der Waals surface area contributed by atoms with Crippen molar-refractivity contribution < 1.29 is 17.9 Å². The number of ether oxygens (including phenoxy) is 2. The summed E-state index contributed by atoms with van der Waals surface area (Å²) < 4.78 is 37.6. The number of benzene rings is 2. The summed E-state index contributed by atoms with van der Waals surface area (Å²) in [6.45, 7) is 0.262. The Balaban J connectivity index is 2.10. The minimum Gasteiger partial charge on any atom is -0.497 e. The summed E-state index contributed by atoms with van der Waals surface area (Å²) >= 11 is 5.91. The fourth-order valence-corrected chi connectivity index (χ4v) is 3.49. The third-order valence-corrected chi connectivity index (χ3v) is 4.99. The average Bonchev–Trinajstić information content (AvgIpc) is 2.54. The van der Waals surface area contributed by atoms with Crippen LogP contribution in [-0.4, -0.2) is 29.2 Å². The first-order valence-electron chi connectivity index (χ1n) is 6.92. The lowest BCUT2D eigenvalue weighted by molar-refractivity contribution is 0.386. The molecule has 0 fully saturated rings. The minimum absolute atomic E-state index is 0.0758. The van der Waals surface area contributed by atoms with Gasteiger partial charge in [-0.05, 0) is 36.2 Å². The zero-order chi connectivity index (χ0) is 16.9.